The van der Waals surface area contributed by atoms with Crippen molar-refractivity contribution in [3.63, 3.8) is 0 Å². The lowest BCUT2D eigenvalue weighted by Crippen LogP contribution is -2.43. The van der Waals surface area contributed by atoms with Crippen LogP contribution >= 0.6 is 0 Å². The third-order valence-corrected chi connectivity index (χ3v) is 5.15. The zero-order chi connectivity index (χ0) is 20.3. The lowest BCUT2D eigenvalue weighted by molar-refractivity contribution is -0.131. The van der Waals surface area contributed by atoms with Crippen LogP contribution in [0.5, 0.6) is 0 Å². The van der Waals surface area contributed by atoms with Crippen LogP contribution < -0.4 is 16.8 Å². The molecule has 0 radical (unpaired) electrons. The molecule has 0 aliphatic carbocycles. The minimum absolute atomic E-state index is 0.199. The summed E-state index contributed by atoms with van der Waals surface area (Å²) in [4.78, 5) is 12.7. The Kier molecular flexibility index (Phi) is 6.30. The first-order valence-corrected chi connectivity index (χ1v) is 9.52. The SMILES string of the molecule is C[C@@]1(n2c(NCCCCCCN)nc3c(N)ncnc32)O[C@H](CO)[C@@H](O)[C@H]1O. The van der Waals surface area contributed by atoms with Crippen molar-refractivity contribution in [2.24, 2.45) is 5.73 Å². The Bertz CT molecular complexity index is 801. The van der Waals surface area contributed by atoms with E-state index >= 15 is 0 Å². The van der Waals surface area contributed by atoms with Gasteiger partial charge in [-0.25, -0.2) is 15.0 Å². The molecule has 0 aromatic carbocycles. The van der Waals surface area contributed by atoms with Crippen molar-refractivity contribution in [2.45, 2.75) is 56.6 Å². The van der Waals surface area contributed by atoms with Crippen molar-refractivity contribution in [1.29, 1.82) is 0 Å². The Morgan fingerprint density at radius 3 is 2.68 bits per heavy atom. The minimum Gasteiger partial charge on any atom is -0.394 e. The number of fused-ring (bicyclic) bond motifs is 1. The molecule has 1 aliphatic heterocycles. The average Bonchev–Trinajstić information content (AvgIpc) is 3.17. The molecule has 1 fully saturated rings. The maximum atomic E-state index is 10.7. The summed E-state index contributed by atoms with van der Waals surface area (Å²) in [5.74, 6) is 0.596. The number of nitrogen functional groups attached to an aromatic ring is 1. The number of imidazole rings is 1. The van der Waals surface area contributed by atoms with E-state index in [0.29, 0.717) is 30.2 Å². The number of nitrogens with two attached hydrogens (primary N) is 2. The van der Waals surface area contributed by atoms with Gasteiger partial charge in [0.1, 0.15) is 24.6 Å². The molecule has 0 unspecified atom stereocenters. The van der Waals surface area contributed by atoms with Crippen molar-refractivity contribution >= 4 is 22.9 Å². The van der Waals surface area contributed by atoms with Crippen LogP contribution in [-0.4, -0.2) is 72.8 Å². The van der Waals surface area contributed by atoms with Crippen molar-refractivity contribution in [2.75, 3.05) is 30.7 Å². The maximum absolute atomic E-state index is 10.7. The Labute approximate surface area is 162 Å². The molecular formula is C17H29N7O4. The van der Waals surface area contributed by atoms with Gasteiger partial charge in [-0.1, -0.05) is 12.8 Å². The summed E-state index contributed by atoms with van der Waals surface area (Å²) in [6.45, 7) is 2.51. The molecule has 3 rings (SSSR count). The molecule has 28 heavy (non-hydrogen) atoms. The van der Waals surface area contributed by atoms with Crippen molar-refractivity contribution in [1.82, 2.24) is 19.5 Å². The van der Waals surface area contributed by atoms with Gasteiger partial charge in [0.2, 0.25) is 5.95 Å². The van der Waals surface area contributed by atoms with Crippen molar-refractivity contribution in [3.05, 3.63) is 6.33 Å². The Morgan fingerprint density at radius 1 is 1.25 bits per heavy atom. The summed E-state index contributed by atoms with van der Waals surface area (Å²) in [6, 6.07) is 0. The van der Waals surface area contributed by atoms with Gasteiger partial charge in [-0.2, -0.15) is 0 Å². The number of nitrogens with one attached hydrogen (secondary N) is 1. The zero-order valence-electron chi connectivity index (χ0n) is 16.0. The number of ether oxygens (including phenoxy) is 1. The Morgan fingerprint density at radius 2 is 2.00 bits per heavy atom. The molecule has 2 aromatic heterocycles. The van der Waals surface area contributed by atoms with E-state index in [1.54, 1.807) is 11.5 Å². The summed E-state index contributed by atoms with van der Waals surface area (Å²) in [5.41, 5.74) is 10.8. The van der Waals surface area contributed by atoms with Gasteiger partial charge in [-0.3, -0.25) is 4.57 Å². The second-order valence-electron chi connectivity index (χ2n) is 7.16. The first kappa shape index (κ1) is 20.7. The monoisotopic (exact) mass is 395 g/mol. The smallest absolute Gasteiger partial charge is 0.207 e. The lowest BCUT2D eigenvalue weighted by atomic mass is 10.0. The summed E-state index contributed by atoms with van der Waals surface area (Å²) in [5, 5.41) is 33.6. The molecule has 11 nitrogen and oxygen atoms in total. The van der Waals surface area contributed by atoms with E-state index in [2.05, 4.69) is 20.3 Å². The highest BCUT2D eigenvalue weighted by molar-refractivity contribution is 5.84. The van der Waals surface area contributed by atoms with Gasteiger partial charge in [0, 0.05) is 6.54 Å². The average molecular weight is 395 g/mol. The highest BCUT2D eigenvalue weighted by atomic mass is 16.6. The number of anilines is 2. The second kappa shape index (κ2) is 8.53. The molecule has 0 amide bonds. The molecule has 0 saturated carbocycles. The standard InChI is InChI=1S/C17H29N7O4/c1-17(13(27)12(26)10(8-25)28-17)24-15-11(14(19)21-9-22-15)23-16(24)20-7-5-3-2-4-6-18/h9-10,12-13,25-27H,2-8,18H2,1H3,(H,20,23)(H2,19,21,22)/t10-,12-,13-,17-/m1/s1. The quantitative estimate of drug-likeness (QED) is 0.292. The molecule has 1 saturated heterocycles. The van der Waals surface area contributed by atoms with Crippen LogP contribution in [-0.2, 0) is 10.5 Å². The van der Waals surface area contributed by atoms with E-state index in [1.807, 2.05) is 0 Å². The van der Waals surface area contributed by atoms with Gasteiger partial charge in [0.25, 0.3) is 0 Å². The number of hydrogen-bond acceptors (Lipinski definition) is 10. The van der Waals surface area contributed by atoms with E-state index in [1.165, 1.54) is 6.33 Å². The highest BCUT2D eigenvalue weighted by Crippen LogP contribution is 2.39. The largest absolute Gasteiger partial charge is 0.394 e. The molecule has 4 atom stereocenters. The number of aliphatic hydroxyl groups is 3. The molecule has 2 aromatic rings. The van der Waals surface area contributed by atoms with E-state index < -0.39 is 30.6 Å². The molecule has 11 heteroatoms. The topological polar surface area (TPSA) is 178 Å². The van der Waals surface area contributed by atoms with Gasteiger partial charge >= 0.3 is 0 Å². The molecule has 3 heterocycles. The number of aromatic nitrogens is 4. The first-order chi connectivity index (χ1) is 13.4. The molecule has 156 valence electrons. The fourth-order valence-electron chi connectivity index (χ4n) is 3.57. The van der Waals surface area contributed by atoms with Crippen LogP contribution in [0.1, 0.15) is 32.6 Å². The number of nitrogens with zero attached hydrogens (tertiary/aromatic N) is 4. The zero-order valence-corrected chi connectivity index (χ0v) is 16.0. The number of unbranched alkanes of at least 4 members (excludes halogenated alkanes) is 3. The maximum Gasteiger partial charge on any atom is 0.207 e. The lowest BCUT2D eigenvalue weighted by Gasteiger charge is -2.31. The minimum atomic E-state index is -1.40. The van der Waals surface area contributed by atoms with Gasteiger partial charge in [0.05, 0.1) is 6.61 Å². The predicted molar refractivity (Wildman–Crippen MR) is 103 cm³/mol. The second-order valence-corrected chi connectivity index (χ2v) is 7.16. The molecular weight excluding hydrogens is 366 g/mol. The van der Waals surface area contributed by atoms with Gasteiger partial charge in [-0.15, -0.1) is 0 Å². The van der Waals surface area contributed by atoms with Gasteiger partial charge in [-0.05, 0) is 26.3 Å². The summed E-state index contributed by atoms with van der Waals surface area (Å²) in [6.07, 6.45) is 1.79. The first-order valence-electron chi connectivity index (χ1n) is 9.52. The van der Waals surface area contributed by atoms with Crippen LogP contribution in [0.25, 0.3) is 11.2 Å². The molecule has 8 N–H and O–H groups in total. The normalized spacial score (nSPS) is 27.5. The van der Waals surface area contributed by atoms with Crippen molar-refractivity contribution in [3.8, 4) is 0 Å². The molecule has 0 bridgehead atoms. The molecule has 0 spiro atoms. The van der Waals surface area contributed by atoms with Gasteiger partial charge in [0.15, 0.2) is 22.7 Å². The van der Waals surface area contributed by atoms with Crippen LogP contribution in [0.4, 0.5) is 11.8 Å². The summed E-state index contributed by atoms with van der Waals surface area (Å²) >= 11 is 0. The van der Waals surface area contributed by atoms with Crippen LogP contribution in [0.2, 0.25) is 0 Å². The summed E-state index contributed by atoms with van der Waals surface area (Å²) < 4.78 is 7.41. The fraction of sp³-hybridized carbons (Fsp3) is 0.706. The van der Waals surface area contributed by atoms with Crippen molar-refractivity contribution < 1.29 is 20.1 Å². The van der Waals surface area contributed by atoms with E-state index in [4.69, 9.17) is 16.2 Å². The fourth-order valence-corrected chi connectivity index (χ4v) is 3.57. The summed E-state index contributed by atoms with van der Waals surface area (Å²) in [7, 11) is 0. The van der Waals surface area contributed by atoms with E-state index in [-0.39, 0.29) is 5.82 Å². The number of hydrogen-bond donors (Lipinski definition) is 6. The molecule has 1 aliphatic rings. The third kappa shape index (κ3) is 3.63. The van der Waals surface area contributed by atoms with E-state index in [9.17, 15) is 15.3 Å². The highest BCUT2D eigenvalue weighted by Gasteiger charge is 2.53. The van der Waals surface area contributed by atoms with Crippen LogP contribution in [0.15, 0.2) is 6.33 Å². The number of aliphatic hydroxyl groups excluding tert-OH is 3. The number of rotatable bonds is 9. The van der Waals surface area contributed by atoms with E-state index in [0.717, 1.165) is 25.7 Å². The Balaban J connectivity index is 1.92. The van der Waals surface area contributed by atoms with Crippen LogP contribution in [0.3, 0.4) is 0 Å². The van der Waals surface area contributed by atoms with Crippen LogP contribution in [0, 0.1) is 0 Å². The predicted octanol–water partition coefficient (Wildman–Crippen LogP) is -0.875. The Hall–Kier alpha value is -2.05. The third-order valence-electron chi connectivity index (χ3n) is 5.15. The van der Waals surface area contributed by atoms with Gasteiger partial charge < -0.3 is 36.8 Å².